The lowest BCUT2D eigenvalue weighted by molar-refractivity contribution is 0.581. The quantitative estimate of drug-likeness (QED) is 0.599. The summed E-state index contributed by atoms with van der Waals surface area (Å²) in [4.78, 5) is 9.64. The first-order valence-electron chi connectivity index (χ1n) is 5.44. The molecule has 0 aromatic carbocycles. The normalized spacial score (nSPS) is 16.4. The molecule has 3 N–H and O–H groups in total. The fourth-order valence-corrected chi connectivity index (χ4v) is 2.14. The number of aromatic nitrogens is 2. The van der Waals surface area contributed by atoms with E-state index in [1.54, 1.807) is 0 Å². The van der Waals surface area contributed by atoms with Crippen molar-refractivity contribution in [2.45, 2.75) is 31.7 Å². The number of nitrogens with two attached hydrogens (primary N) is 1. The number of halogens is 1. The number of hydrogen-bond donors (Lipinski definition) is 2. The Labute approximate surface area is 93.8 Å². The first-order valence-corrected chi connectivity index (χ1v) is 5.44. The van der Waals surface area contributed by atoms with E-state index in [1.807, 2.05) is 11.9 Å². The van der Waals surface area contributed by atoms with Gasteiger partial charge in [-0.3, -0.25) is 5.43 Å². The number of nitrogens with zero attached hydrogens (tertiary/aromatic N) is 3. The number of anilines is 2. The van der Waals surface area contributed by atoms with Gasteiger partial charge < -0.3 is 4.90 Å². The van der Waals surface area contributed by atoms with Crippen molar-refractivity contribution in [1.29, 1.82) is 0 Å². The van der Waals surface area contributed by atoms with E-state index < -0.39 is 5.82 Å². The number of hydrazine groups is 1. The van der Waals surface area contributed by atoms with Gasteiger partial charge in [-0.2, -0.15) is 4.98 Å². The Balaban J connectivity index is 2.23. The summed E-state index contributed by atoms with van der Waals surface area (Å²) in [5.41, 5.74) is 2.32. The maximum atomic E-state index is 13.6. The van der Waals surface area contributed by atoms with E-state index in [-0.39, 0.29) is 5.95 Å². The SMILES string of the molecule is CN(c1nc(NN)ncc1F)C1CCCC1. The van der Waals surface area contributed by atoms with E-state index in [0.29, 0.717) is 11.9 Å². The summed E-state index contributed by atoms with van der Waals surface area (Å²) in [6.07, 6.45) is 5.72. The third-order valence-corrected chi connectivity index (χ3v) is 3.06. The molecule has 16 heavy (non-hydrogen) atoms. The Bertz CT molecular complexity index is 364. The van der Waals surface area contributed by atoms with Crippen molar-refractivity contribution in [1.82, 2.24) is 9.97 Å². The predicted molar refractivity (Wildman–Crippen MR) is 60.5 cm³/mol. The van der Waals surface area contributed by atoms with Gasteiger partial charge in [0, 0.05) is 13.1 Å². The highest BCUT2D eigenvalue weighted by Gasteiger charge is 2.23. The Kier molecular flexibility index (Phi) is 3.19. The van der Waals surface area contributed by atoms with Crippen molar-refractivity contribution in [3.8, 4) is 0 Å². The molecular formula is C10H16FN5. The van der Waals surface area contributed by atoms with Crippen LogP contribution in [0.1, 0.15) is 25.7 Å². The molecule has 1 heterocycles. The highest BCUT2D eigenvalue weighted by atomic mass is 19.1. The van der Waals surface area contributed by atoms with Crippen LogP contribution in [0.4, 0.5) is 16.2 Å². The summed E-state index contributed by atoms with van der Waals surface area (Å²) in [5.74, 6) is 5.35. The lowest BCUT2D eigenvalue weighted by Gasteiger charge is -2.25. The Morgan fingerprint density at radius 1 is 1.50 bits per heavy atom. The van der Waals surface area contributed by atoms with Crippen LogP contribution < -0.4 is 16.2 Å². The maximum absolute atomic E-state index is 13.6. The highest BCUT2D eigenvalue weighted by molar-refractivity contribution is 5.43. The van der Waals surface area contributed by atoms with Gasteiger partial charge in [-0.15, -0.1) is 0 Å². The minimum atomic E-state index is -0.409. The van der Waals surface area contributed by atoms with Crippen molar-refractivity contribution in [3.63, 3.8) is 0 Å². The minimum Gasteiger partial charge on any atom is -0.354 e. The fraction of sp³-hybridized carbons (Fsp3) is 0.600. The van der Waals surface area contributed by atoms with Crippen LogP contribution in [0, 0.1) is 5.82 Å². The molecule has 6 heteroatoms. The van der Waals surface area contributed by atoms with E-state index in [4.69, 9.17) is 5.84 Å². The van der Waals surface area contributed by atoms with E-state index in [1.165, 1.54) is 12.8 Å². The molecule has 1 saturated carbocycles. The van der Waals surface area contributed by atoms with Crippen LogP contribution in [0.5, 0.6) is 0 Å². The van der Waals surface area contributed by atoms with Gasteiger partial charge in [0.2, 0.25) is 5.95 Å². The second-order valence-corrected chi connectivity index (χ2v) is 4.06. The summed E-state index contributed by atoms with van der Waals surface area (Å²) in [5, 5.41) is 0. The van der Waals surface area contributed by atoms with Gasteiger partial charge in [-0.05, 0) is 12.8 Å². The van der Waals surface area contributed by atoms with Crippen molar-refractivity contribution in [2.24, 2.45) is 5.84 Å². The summed E-state index contributed by atoms with van der Waals surface area (Å²) >= 11 is 0. The average molecular weight is 225 g/mol. The largest absolute Gasteiger partial charge is 0.354 e. The summed E-state index contributed by atoms with van der Waals surface area (Å²) in [6.45, 7) is 0. The molecule has 1 aromatic rings. The minimum absolute atomic E-state index is 0.237. The molecule has 88 valence electrons. The zero-order valence-electron chi connectivity index (χ0n) is 9.28. The third-order valence-electron chi connectivity index (χ3n) is 3.06. The molecule has 0 bridgehead atoms. The Hall–Kier alpha value is -1.43. The van der Waals surface area contributed by atoms with E-state index in [9.17, 15) is 4.39 Å². The molecule has 1 aliphatic rings. The Morgan fingerprint density at radius 2 is 2.19 bits per heavy atom. The van der Waals surface area contributed by atoms with Gasteiger partial charge in [0.25, 0.3) is 0 Å². The van der Waals surface area contributed by atoms with Crippen molar-refractivity contribution in [2.75, 3.05) is 17.4 Å². The van der Waals surface area contributed by atoms with Crippen molar-refractivity contribution in [3.05, 3.63) is 12.0 Å². The molecular weight excluding hydrogens is 209 g/mol. The first-order chi connectivity index (χ1) is 7.72. The van der Waals surface area contributed by atoms with Gasteiger partial charge in [0.1, 0.15) is 0 Å². The van der Waals surface area contributed by atoms with Crippen LogP contribution in [0.25, 0.3) is 0 Å². The lowest BCUT2D eigenvalue weighted by atomic mass is 10.2. The van der Waals surface area contributed by atoms with E-state index in [0.717, 1.165) is 19.0 Å². The van der Waals surface area contributed by atoms with Crippen LogP contribution in [0.15, 0.2) is 6.20 Å². The predicted octanol–water partition coefficient (Wildman–Crippen LogP) is 1.28. The van der Waals surface area contributed by atoms with Crippen LogP contribution in [-0.2, 0) is 0 Å². The highest BCUT2D eigenvalue weighted by Crippen LogP contribution is 2.27. The van der Waals surface area contributed by atoms with Crippen LogP contribution in [0.3, 0.4) is 0 Å². The molecule has 5 nitrogen and oxygen atoms in total. The summed E-state index contributed by atoms with van der Waals surface area (Å²) < 4.78 is 13.6. The molecule has 0 atom stereocenters. The van der Waals surface area contributed by atoms with E-state index >= 15 is 0 Å². The molecule has 0 spiro atoms. The van der Waals surface area contributed by atoms with Crippen molar-refractivity contribution < 1.29 is 4.39 Å². The van der Waals surface area contributed by atoms with Gasteiger partial charge in [0.15, 0.2) is 11.6 Å². The lowest BCUT2D eigenvalue weighted by Crippen LogP contribution is -2.31. The zero-order chi connectivity index (χ0) is 11.5. The number of hydrogen-bond acceptors (Lipinski definition) is 5. The molecule has 2 rings (SSSR count). The number of rotatable bonds is 3. The molecule has 1 aromatic heterocycles. The van der Waals surface area contributed by atoms with Gasteiger partial charge in [0.05, 0.1) is 6.20 Å². The van der Waals surface area contributed by atoms with E-state index in [2.05, 4.69) is 15.4 Å². The topological polar surface area (TPSA) is 67.1 Å². The molecule has 1 fully saturated rings. The molecule has 0 amide bonds. The molecule has 0 saturated heterocycles. The molecule has 1 aliphatic carbocycles. The van der Waals surface area contributed by atoms with Gasteiger partial charge >= 0.3 is 0 Å². The second-order valence-electron chi connectivity index (χ2n) is 4.06. The molecule has 0 aliphatic heterocycles. The van der Waals surface area contributed by atoms with Crippen LogP contribution in [-0.4, -0.2) is 23.1 Å². The first kappa shape index (κ1) is 11.1. The second kappa shape index (κ2) is 4.61. The summed E-state index contributed by atoms with van der Waals surface area (Å²) in [7, 11) is 1.86. The van der Waals surface area contributed by atoms with Crippen LogP contribution in [0.2, 0.25) is 0 Å². The Morgan fingerprint density at radius 3 is 2.81 bits per heavy atom. The fourth-order valence-electron chi connectivity index (χ4n) is 2.14. The monoisotopic (exact) mass is 225 g/mol. The number of nitrogens with one attached hydrogen (secondary N) is 1. The number of nitrogen functional groups attached to an aromatic ring is 1. The van der Waals surface area contributed by atoms with Crippen LogP contribution >= 0.6 is 0 Å². The zero-order valence-corrected chi connectivity index (χ0v) is 9.28. The van der Waals surface area contributed by atoms with Gasteiger partial charge in [-0.1, -0.05) is 12.8 Å². The molecule has 0 radical (unpaired) electrons. The smallest absolute Gasteiger partial charge is 0.239 e. The standard InChI is InChI=1S/C10H16FN5/c1-16(7-4-2-3-5-7)9-8(11)6-13-10(14-9)15-12/h6-7H,2-5,12H2,1H3,(H,13,14,15). The maximum Gasteiger partial charge on any atom is 0.239 e. The third kappa shape index (κ3) is 2.06. The molecule has 0 unspecified atom stereocenters. The van der Waals surface area contributed by atoms with Crippen molar-refractivity contribution >= 4 is 11.8 Å². The summed E-state index contributed by atoms with van der Waals surface area (Å²) in [6, 6.07) is 0.370. The van der Waals surface area contributed by atoms with Gasteiger partial charge in [-0.25, -0.2) is 15.2 Å². The average Bonchev–Trinajstić information content (AvgIpc) is 2.82.